The van der Waals surface area contributed by atoms with Gasteiger partial charge in [0.1, 0.15) is 0 Å². The summed E-state index contributed by atoms with van der Waals surface area (Å²) in [7, 11) is -3.51. The number of nitrogens with zero attached hydrogens (tertiary/aromatic N) is 1. The van der Waals surface area contributed by atoms with Crippen LogP contribution in [-0.2, 0) is 10.0 Å². The molecule has 0 spiro atoms. The van der Waals surface area contributed by atoms with Crippen LogP contribution in [0.15, 0.2) is 23.1 Å². The van der Waals surface area contributed by atoms with Gasteiger partial charge in [0, 0.05) is 19.1 Å². The maximum Gasteiger partial charge on any atom is 0.243 e. The van der Waals surface area contributed by atoms with E-state index in [9.17, 15) is 8.42 Å². The Morgan fingerprint density at radius 2 is 2.00 bits per heavy atom. The molecule has 1 saturated heterocycles. The van der Waals surface area contributed by atoms with Crippen LogP contribution >= 0.6 is 35.6 Å². The summed E-state index contributed by atoms with van der Waals surface area (Å²) in [5, 5.41) is 0.584. The molecule has 20 heavy (non-hydrogen) atoms. The monoisotopic (exact) mass is 358 g/mol. The molecule has 2 atom stereocenters. The summed E-state index contributed by atoms with van der Waals surface area (Å²) in [6, 6.07) is 4.35. The topological polar surface area (TPSA) is 63.4 Å². The van der Waals surface area contributed by atoms with Gasteiger partial charge in [-0.15, -0.1) is 12.4 Å². The lowest BCUT2D eigenvalue weighted by Crippen LogP contribution is -2.33. The van der Waals surface area contributed by atoms with E-state index >= 15 is 0 Å². The zero-order valence-electron chi connectivity index (χ0n) is 10.9. The Kier molecular flexibility index (Phi) is 6.14. The third-order valence-corrected chi connectivity index (χ3v) is 6.06. The Balaban J connectivity index is 0.00000200. The Morgan fingerprint density at radius 1 is 1.35 bits per heavy atom. The number of halogens is 3. The van der Waals surface area contributed by atoms with Crippen LogP contribution in [0.2, 0.25) is 10.0 Å². The minimum Gasteiger partial charge on any atom is -0.328 e. The summed E-state index contributed by atoms with van der Waals surface area (Å²) < 4.78 is 26.4. The highest BCUT2D eigenvalue weighted by atomic mass is 35.5. The maximum absolute atomic E-state index is 12.4. The number of hydrogen-bond acceptors (Lipinski definition) is 3. The van der Waals surface area contributed by atoms with Gasteiger partial charge in [-0.25, -0.2) is 8.42 Å². The van der Waals surface area contributed by atoms with Crippen molar-refractivity contribution in [3.8, 4) is 0 Å². The number of rotatable bonds is 3. The Labute approximate surface area is 135 Å². The largest absolute Gasteiger partial charge is 0.328 e. The van der Waals surface area contributed by atoms with Crippen LogP contribution in [-0.4, -0.2) is 31.9 Å². The second-order valence-corrected chi connectivity index (χ2v) is 7.60. The average molecular weight is 360 g/mol. The van der Waals surface area contributed by atoms with Crippen LogP contribution in [0.25, 0.3) is 0 Å². The summed E-state index contributed by atoms with van der Waals surface area (Å²) in [5.41, 5.74) is 5.83. The molecule has 114 valence electrons. The van der Waals surface area contributed by atoms with Gasteiger partial charge in [-0.1, -0.05) is 23.2 Å². The van der Waals surface area contributed by atoms with Crippen molar-refractivity contribution in [1.82, 2.24) is 4.31 Å². The fraction of sp³-hybridized carbons (Fsp3) is 0.500. The van der Waals surface area contributed by atoms with Crippen LogP contribution in [0.1, 0.15) is 13.3 Å². The molecule has 1 aromatic rings. The molecule has 0 amide bonds. The van der Waals surface area contributed by atoms with Crippen molar-refractivity contribution in [2.45, 2.75) is 24.3 Å². The molecular formula is C12H17Cl3N2O2S. The fourth-order valence-corrected chi connectivity index (χ4v) is 4.09. The molecule has 1 aromatic carbocycles. The molecular weight excluding hydrogens is 343 g/mol. The first kappa shape index (κ1) is 18.0. The normalized spacial score (nSPS) is 21.5. The van der Waals surface area contributed by atoms with Crippen molar-refractivity contribution in [2.75, 3.05) is 13.1 Å². The predicted molar refractivity (Wildman–Crippen MR) is 84.2 cm³/mol. The molecule has 0 aromatic heterocycles. The highest BCUT2D eigenvalue weighted by molar-refractivity contribution is 7.89. The number of benzene rings is 1. The van der Waals surface area contributed by atoms with Crippen LogP contribution < -0.4 is 5.73 Å². The summed E-state index contributed by atoms with van der Waals surface area (Å²) >= 11 is 11.7. The van der Waals surface area contributed by atoms with Gasteiger partial charge in [0.15, 0.2) is 0 Å². The van der Waals surface area contributed by atoms with Crippen LogP contribution in [0, 0.1) is 5.92 Å². The molecule has 1 aliphatic rings. The van der Waals surface area contributed by atoms with Crippen molar-refractivity contribution in [3.05, 3.63) is 28.2 Å². The van der Waals surface area contributed by atoms with E-state index in [1.54, 1.807) is 0 Å². The molecule has 1 fully saturated rings. The van der Waals surface area contributed by atoms with Crippen LogP contribution in [0.3, 0.4) is 0 Å². The van der Waals surface area contributed by atoms with E-state index in [4.69, 9.17) is 28.9 Å². The van der Waals surface area contributed by atoms with Gasteiger partial charge in [0.05, 0.1) is 14.9 Å². The molecule has 1 aliphatic heterocycles. The van der Waals surface area contributed by atoms with E-state index < -0.39 is 10.0 Å². The Hall–Kier alpha value is -0.0400. The lowest BCUT2D eigenvalue weighted by molar-refractivity contribution is 0.429. The standard InChI is InChI=1S/C12H16Cl2N2O2S.ClH/c1-8(15)9-4-5-16(7-9)19(17,18)10-2-3-11(13)12(14)6-10;/h2-3,6,8-9H,4-5,7,15H2,1H3;1H. The van der Waals surface area contributed by atoms with Crippen molar-refractivity contribution in [2.24, 2.45) is 11.7 Å². The predicted octanol–water partition coefficient (Wildman–Crippen LogP) is 2.77. The van der Waals surface area contributed by atoms with Gasteiger partial charge < -0.3 is 5.73 Å². The summed E-state index contributed by atoms with van der Waals surface area (Å²) in [4.78, 5) is 0.173. The highest BCUT2D eigenvalue weighted by Gasteiger charge is 2.34. The molecule has 1 heterocycles. The van der Waals surface area contributed by atoms with Crippen molar-refractivity contribution in [1.29, 1.82) is 0 Å². The molecule has 0 bridgehead atoms. The van der Waals surface area contributed by atoms with E-state index in [1.807, 2.05) is 6.92 Å². The minimum atomic E-state index is -3.51. The van der Waals surface area contributed by atoms with E-state index in [1.165, 1.54) is 22.5 Å². The van der Waals surface area contributed by atoms with Crippen LogP contribution in [0.4, 0.5) is 0 Å². The molecule has 0 radical (unpaired) electrons. The quantitative estimate of drug-likeness (QED) is 0.902. The number of sulfonamides is 1. The van der Waals surface area contributed by atoms with Gasteiger partial charge in [-0.05, 0) is 37.5 Å². The second-order valence-electron chi connectivity index (χ2n) is 4.85. The molecule has 0 saturated carbocycles. The van der Waals surface area contributed by atoms with Gasteiger partial charge in [0.2, 0.25) is 10.0 Å². The Morgan fingerprint density at radius 3 is 2.50 bits per heavy atom. The first-order valence-electron chi connectivity index (χ1n) is 6.03. The van der Waals surface area contributed by atoms with Gasteiger partial charge in [-0.2, -0.15) is 4.31 Å². The van der Waals surface area contributed by atoms with Crippen molar-refractivity contribution >= 4 is 45.6 Å². The van der Waals surface area contributed by atoms with E-state index in [0.29, 0.717) is 18.1 Å². The van der Waals surface area contributed by atoms with Crippen LogP contribution in [0.5, 0.6) is 0 Å². The summed E-state index contributed by atoms with van der Waals surface area (Å²) in [6.07, 6.45) is 0.790. The van der Waals surface area contributed by atoms with E-state index in [2.05, 4.69) is 0 Å². The maximum atomic E-state index is 12.4. The van der Waals surface area contributed by atoms with Gasteiger partial charge >= 0.3 is 0 Å². The molecule has 8 heteroatoms. The Bertz CT molecular complexity index is 578. The molecule has 2 unspecified atom stereocenters. The zero-order valence-corrected chi connectivity index (χ0v) is 14.1. The lowest BCUT2D eigenvalue weighted by Gasteiger charge is -2.18. The van der Waals surface area contributed by atoms with Gasteiger partial charge in [-0.3, -0.25) is 0 Å². The molecule has 4 nitrogen and oxygen atoms in total. The first-order chi connectivity index (χ1) is 8.82. The number of hydrogen-bond donors (Lipinski definition) is 1. The molecule has 0 aliphatic carbocycles. The first-order valence-corrected chi connectivity index (χ1v) is 8.22. The summed E-state index contributed by atoms with van der Waals surface area (Å²) in [5.74, 6) is 0.206. The molecule has 2 N–H and O–H groups in total. The SMILES string of the molecule is CC(N)C1CCN(S(=O)(=O)c2ccc(Cl)c(Cl)c2)C1.Cl. The van der Waals surface area contributed by atoms with Gasteiger partial charge in [0.25, 0.3) is 0 Å². The minimum absolute atomic E-state index is 0. The number of nitrogens with two attached hydrogens (primary N) is 1. The third kappa shape index (κ3) is 3.59. The molecule has 2 rings (SSSR count). The van der Waals surface area contributed by atoms with E-state index in [0.717, 1.165) is 6.42 Å². The average Bonchev–Trinajstić information content (AvgIpc) is 2.82. The van der Waals surface area contributed by atoms with Crippen molar-refractivity contribution < 1.29 is 8.42 Å². The lowest BCUT2D eigenvalue weighted by atomic mass is 10.0. The summed E-state index contributed by atoms with van der Waals surface area (Å²) in [6.45, 7) is 2.86. The fourth-order valence-electron chi connectivity index (χ4n) is 2.19. The smallest absolute Gasteiger partial charge is 0.243 e. The third-order valence-electron chi connectivity index (χ3n) is 3.46. The second kappa shape index (κ2) is 6.81. The van der Waals surface area contributed by atoms with E-state index in [-0.39, 0.29) is 34.3 Å². The van der Waals surface area contributed by atoms with Crippen molar-refractivity contribution in [3.63, 3.8) is 0 Å². The highest BCUT2D eigenvalue weighted by Crippen LogP contribution is 2.29. The zero-order chi connectivity index (χ0) is 14.2.